The van der Waals surface area contributed by atoms with Gasteiger partial charge in [0.1, 0.15) is 0 Å². The number of rotatable bonds is 1. The van der Waals surface area contributed by atoms with Crippen molar-refractivity contribution < 1.29 is 0 Å². The Morgan fingerprint density at radius 2 is 2.09 bits per heavy atom. The van der Waals surface area contributed by atoms with Crippen molar-refractivity contribution in [2.45, 2.75) is 24.5 Å². The van der Waals surface area contributed by atoms with Crippen LogP contribution in [0.3, 0.4) is 0 Å². The molecule has 0 spiro atoms. The summed E-state index contributed by atoms with van der Waals surface area (Å²) >= 11 is -0.912. The predicted octanol–water partition coefficient (Wildman–Crippen LogP) is -0.0576. The van der Waals surface area contributed by atoms with Gasteiger partial charge in [0.2, 0.25) is 0 Å². The molecule has 1 heterocycles. The van der Waals surface area contributed by atoms with Crippen molar-refractivity contribution in [1.29, 1.82) is 0 Å². The molecule has 1 rings (SSSR count). The molecule has 1 aliphatic rings. The standard InChI is InChI=1S/C6H13AsN4/c1-4-9-5(7(2)3)11-6(8)10-4/h4H,1-3H3,(H3,8,9,10,11). The van der Waals surface area contributed by atoms with Gasteiger partial charge in [-0.1, -0.05) is 0 Å². The maximum atomic E-state index is 5.53. The zero-order valence-electron chi connectivity index (χ0n) is 7.00. The Balaban J connectivity index is 2.71. The molecule has 0 aliphatic carbocycles. The van der Waals surface area contributed by atoms with Crippen molar-refractivity contribution >= 4 is 25.2 Å². The first-order valence-electron chi connectivity index (χ1n) is 3.45. The maximum absolute atomic E-state index is 5.53. The molecule has 0 aromatic carbocycles. The van der Waals surface area contributed by atoms with Crippen molar-refractivity contribution in [3.63, 3.8) is 0 Å². The minimum absolute atomic E-state index is 0.00280. The third-order valence-corrected chi connectivity index (χ3v) is 3.55. The molecule has 0 bridgehead atoms. The van der Waals surface area contributed by atoms with Gasteiger partial charge >= 0.3 is 70.8 Å². The molecular weight excluding hydrogens is 203 g/mol. The van der Waals surface area contributed by atoms with Crippen LogP contribution in [0.25, 0.3) is 0 Å². The molecule has 5 heteroatoms. The van der Waals surface area contributed by atoms with Gasteiger partial charge in [-0.3, -0.25) is 0 Å². The Labute approximate surface area is 71.2 Å². The van der Waals surface area contributed by atoms with E-state index in [2.05, 4.69) is 26.7 Å². The zero-order chi connectivity index (χ0) is 8.43. The number of guanidine groups is 1. The molecule has 0 aromatic heterocycles. The Hall–Kier alpha value is -0.502. The second-order valence-electron chi connectivity index (χ2n) is 2.62. The Bertz CT molecular complexity index is 209. The van der Waals surface area contributed by atoms with Crippen LogP contribution in [0.2, 0.25) is 11.4 Å². The van der Waals surface area contributed by atoms with Crippen LogP contribution >= 0.6 is 0 Å². The van der Waals surface area contributed by atoms with Crippen LogP contribution < -0.4 is 11.1 Å². The molecule has 0 saturated carbocycles. The number of nitrogens with two attached hydrogens (primary N) is 1. The van der Waals surface area contributed by atoms with Crippen molar-refractivity contribution in [3.8, 4) is 0 Å². The van der Waals surface area contributed by atoms with Crippen LogP contribution in [-0.2, 0) is 0 Å². The van der Waals surface area contributed by atoms with Crippen molar-refractivity contribution in [2.75, 3.05) is 0 Å². The summed E-state index contributed by atoms with van der Waals surface area (Å²) in [4.78, 5) is 8.37. The SMILES string of the molecule is CC1N=C(N)NC([As](C)C)=N1. The molecule has 0 fully saturated rings. The second-order valence-corrected chi connectivity index (χ2v) is 7.26. The van der Waals surface area contributed by atoms with Crippen LogP contribution in [0.1, 0.15) is 6.92 Å². The number of amidine groups is 1. The van der Waals surface area contributed by atoms with Gasteiger partial charge < -0.3 is 0 Å². The van der Waals surface area contributed by atoms with Gasteiger partial charge in [-0.25, -0.2) is 0 Å². The average Bonchev–Trinajstić information content (AvgIpc) is 1.85. The Kier molecular flexibility index (Phi) is 2.55. The van der Waals surface area contributed by atoms with Crippen molar-refractivity contribution in [3.05, 3.63) is 0 Å². The predicted molar refractivity (Wildman–Crippen MR) is 49.1 cm³/mol. The first-order valence-corrected chi connectivity index (χ1v) is 8.14. The van der Waals surface area contributed by atoms with Crippen LogP contribution in [0.5, 0.6) is 0 Å². The third kappa shape index (κ3) is 2.22. The van der Waals surface area contributed by atoms with Crippen LogP contribution in [0.4, 0.5) is 0 Å². The Morgan fingerprint density at radius 3 is 2.55 bits per heavy atom. The van der Waals surface area contributed by atoms with Gasteiger partial charge in [-0.2, -0.15) is 0 Å². The molecule has 3 N–H and O–H groups in total. The van der Waals surface area contributed by atoms with E-state index in [9.17, 15) is 0 Å². The minimum atomic E-state index is -0.912. The molecule has 0 aromatic rings. The quantitative estimate of drug-likeness (QED) is 0.603. The van der Waals surface area contributed by atoms with E-state index in [0.717, 1.165) is 4.62 Å². The van der Waals surface area contributed by atoms with Crippen LogP contribution in [-0.4, -0.2) is 31.4 Å². The third-order valence-electron chi connectivity index (χ3n) is 1.30. The van der Waals surface area contributed by atoms with Crippen LogP contribution in [0, 0.1) is 0 Å². The molecule has 1 atom stereocenters. The number of aliphatic imine (C=N–C) groups is 2. The van der Waals surface area contributed by atoms with Crippen molar-refractivity contribution in [2.24, 2.45) is 15.7 Å². The fraction of sp³-hybridized carbons (Fsp3) is 0.667. The van der Waals surface area contributed by atoms with Gasteiger partial charge in [0.15, 0.2) is 0 Å². The van der Waals surface area contributed by atoms with Gasteiger partial charge in [-0.05, 0) is 0 Å². The molecule has 62 valence electrons. The normalized spacial score (nSPS) is 24.2. The van der Waals surface area contributed by atoms with E-state index < -0.39 is 14.7 Å². The van der Waals surface area contributed by atoms with Gasteiger partial charge in [0, 0.05) is 0 Å². The summed E-state index contributed by atoms with van der Waals surface area (Å²) in [6, 6.07) is 0. The zero-order valence-corrected chi connectivity index (χ0v) is 8.87. The molecule has 0 amide bonds. The van der Waals surface area contributed by atoms with E-state index in [1.807, 2.05) is 6.92 Å². The summed E-state index contributed by atoms with van der Waals surface area (Å²) < 4.78 is 1.07. The van der Waals surface area contributed by atoms with E-state index in [0.29, 0.717) is 5.96 Å². The fourth-order valence-electron chi connectivity index (χ4n) is 0.813. The average molecular weight is 216 g/mol. The molecule has 0 radical (unpaired) electrons. The summed E-state index contributed by atoms with van der Waals surface area (Å²) in [6.07, 6.45) is 0.00280. The molecule has 0 saturated heterocycles. The van der Waals surface area contributed by atoms with Gasteiger partial charge in [0.05, 0.1) is 0 Å². The second kappa shape index (κ2) is 3.26. The molecule has 1 aliphatic heterocycles. The number of hydrogen-bond acceptors (Lipinski definition) is 4. The molecule has 11 heavy (non-hydrogen) atoms. The van der Waals surface area contributed by atoms with E-state index in [1.54, 1.807) is 0 Å². The number of hydrogen-bond donors (Lipinski definition) is 2. The molecular formula is C6H13AsN4. The van der Waals surface area contributed by atoms with Crippen molar-refractivity contribution in [1.82, 2.24) is 5.32 Å². The summed E-state index contributed by atoms with van der Waals surface area (Å²) in [5.74, 6) is 0.505. The monoisotopic (exact) mass is 216 g/mol. The van der Waals surface area contributed by atoms with E-state index in [-0.39, 0.29) is 6.17 Å². The number of nitrogens with one attached hydrogen (secondary N) is 1. The molecule has 4 nitrogen and oxygen atoms in total. The van der Waals surface area contributed by atoms with Crippen LogP contribution in [0.15, 0.2) is 9.98 Å². The summed E-state index contributed by atoms with van der Waals surface area (Å²) in [7, 11) is 0. The molecule has 1 unspecified atom stereocenters. The summed E-state index contributed by atoms with van der Waals surface area (Å²) in [6.45, 7) is 1.94. The fourth-order valence-corrected chi connectivity index (χ4v) is 2.36. The first-order chi connectivity index (χ1) is 5.09. The van der Waals surface area contributed by atoms with E-state index >= 15 is 0 Å². The van der Waals surface area contributed by atoms with Gasteiger partial charge in [0.25, 0.3) is 0 Å². The topological polar surface area (TPSA) is 62.8 Å². The first kappa shape index (κ1) is 8.59. The summed E-state index contributed by atoms with van der Waals surface area (Å²) in [5.41, 5.74) is 9.96. The van der Waals surface area contributed by atoms with Gasteiger partial charge in [-0.15, -0.1) is 0 Å². The van der Waals surface area contributed by atoms with E-state index in [4.69, 9.17) is 5.73 Å². The Morgan fingerprint density at radius 1 is 1.45 bits per heavy atom. The van der Waals surface area contributed by atoms with E-state index in [1.165, 1.54) is 0 Å². The summed E-state index contributed by atoms with van der Waals surface area (Å²) in [5, 5.41) is 2.99. The number of nitrogens with zero attached hydrogens (tertiary/aromatic N) is 2.